The second kappa shape index (κ2) is 18.9. The molecule has 0 aliphatic heterocycles. The summed E-state index contributed by atoms with van der Waals surface area (Å²) in [5.74, 6) is -1.24. The minimum absolute atomic E-state index is 0.347. The summed E-state index contributed by atoms with van der Waals surface area (Å²) in [4.78, 5) is 30.8. The standard InChI is InChI=1S/C7H14O3.2C5H8O2/c1-3-4-5-10-7(9)6(2)8;1-4(2)5(6)7-3;1-3-5(6)7-4-2/h6,8H,3-5H2,1-2H3;1H2,2-3H3;3H,1,4H2,2H3. The zero-order valence-electron chi connectivity index (χ0n) is 15.3. The van der Waals surface area contributed by atoms with E-state index in [1.807, 2.05) is 6.92 Å². The van der Waals surface area contributed by atoms with Gasteiger partial charge in [-0.1, -0.05) is 26.5 Å². The summed E-state index contributed by atoms with van der Waals surface area (Å²) in [6.45, 7) is 14.2. The van der Waals surface area contributed by atoms with Gasteiger partial charge in [0, 0.05) is 11.6 Å². The molecule has 1 N–H and O–H groups in total. The van der Waals surface area contributed by atoms with E-state index in [1.54, 1.807) is 13.8 Å². The number of hydrogen-bond acceptors (Lipinski definition) is 7. The minimum atomic E-state index is -0.989. The molecule has 1 unspecified atom stereocenters. The highest BCUT2D eigenvalue weighted by Crippen LogP contribution is 1.91. The van der Waals surface area contributed by atoms with Gasteiger partial charge in [0.1, 0.15) is 6.10 Å². The number of rotatable bonds is 7. The Labute approximate surface area is 144 Å². The largest absolute Gasteiger partial charge is 0.466 e. The van der Waals surface area contributed by atoms with Crippen LogP contribution in [-0.4, -0.2) is 49.4 Å². The molecular formula is C17H30O7. The summed E-state index contributed by atoms with van der Waals surface area (Å²) in [6.07, 6.45) is 2.01. The average molecular weight is 346 g/mol. The van der Waals surface area contributed by atoms with E-state index < -0.39 is 12.1 Å². The van der Waals surface area contributed by atoms with Gasteiger partial charge >= 0.3 is 17.9 Å². The van der Waals surface area contributed by atoms with Crippen molar-refractivity contribution in [2.45, 2.75) is 46.6 Å². The second-order valence-electron chi connectivity index (χ2n) is 4.43. The van der Waals surface area contributed by atoms with Crippen LogP contribution in [0.1, 0.15) is 40.5 Å². The van der Waals surface area contributed by atoms with E-state index in [2.05, 4.69) is 27.4 Å². The average Bonchev–Trinajstić information content (AvgIpc) is 2.55. The van der Waals surface area contributed by atoms with Crippen LogP contribution in [0.3, 0.4) is 0 Å². The van der Waals surface area contributed by atoms with Crippen molar-refractivity contribution in [3.8, 4) is 0 Å². The molecule has 0 aromatic rings. The third-order valence-corrected chi connectivity index (χ3v) is 2.07. The first-order valence-corrected chi connectivity index (χ1v) is 7.55. The van der Waals surface area contributed by atoms with Gasteiger partial charge in [-0.15, -0.1) is 0 Å². The lowest BCUT2D eigenvalue weighted by atomic mass is 10.3. The van der Waals surface area contributed by atoms with E-state index in [1.165, 1.54) is 14.0 Å². The van der Waals surface area contributed by atoms with Gasteiger partial charge in [0.2, 0.25) is 0 Å². The Morgan fingerprint density at radius 3 is 1.96 bits per heavy atom. The van der Waals surface area contributed by atoms with Gasteiger partial charge in [0.15, 0.2) is 0 Å². The van der Waals surface area contributed by atoms with Crippen molar-refractivity contribution in [1.29, 1.82) is 0 Å². The van der Waals surface area contributed by atoms with Gasteiger partial charge < -0.3 is 19.3 Å². The quantitative estimate of drug-likeness (QED) is 0.326. The van der Waals surface area contributed by atoms with Crippen LogP contribution >= 0.6 is 0 Å². The van der Waals surface area contributed by atoms with Crippen molar-refractivity contribution >= 4 is 17.9 Å². The number of esters is 3. The first kappa shape index (κ1) is 26.7. The third kappa shape index (κ3) is 22.1. The first-order chi connectivity index (χ1) is 11.2. The molecule has 0 aromatic carbocycles. The molecule has 0 aromatic heterocycles. The number of aliphatic hydroxyl groups excluding tert-OH is 1. The van der Waals surface area contributed by atoms with Crippen LogP contribution in [0.2, 0.25) is 0 Å². The van der Waals surface area contributed by atoms with Crippen molar-refractivity contribution in [2.75, 3.05) is 20.3 Å². The van der Waals surface area contributed by atoms with Crippen LogP contribution in [-0.2, 0) is 28.6 Å². The Kier molecular flexibility index (Phi) is 21.0. The van der Waals surface area contributed by atoms with Crippen LogP contribution in [0.4, 0.5) is 0 Å². The van der Waals surface area contributed by atoms with Crippen molar-refractivity contribution in [2.24, 2.45) is 0 Å². The number of aliphatic hydroxyl groups is 1. The number of carbonyl (C=O) groups excluding carboxylic acids is 3. The molecule has 1 atom stereocenters. The maximum atomic E-state index is 10.5. The summed E-state index contributed by atoms with van der Waals surface area (Å²) in [5, 5.41) is 8.65. The Balaban J connectivity index is -0.000000283. The fraction of sp³-hybridized carbons (Fsp3) is 0.588. The molecule has 0 fully saturated rings. The highest BCUT2D eigenvalue weighted by Gasteiger charge is 2.08. The van der Waals surface area contributed by atoms with Crippen LogP contribution in [0, 0.1) is 0 Å². The van der Waals surface area contributed by atoms with E-state index in [9.17, 15) is 14.4 Å². The Bertz CT molecular complexity index is 384. The lowest BCUT2D eigenvalue weighted by Crippen LogP contribution is -2.19. The fourth-order valence-electron chi connectivity index (χ4n) is 0.813. The summed E-state index contributed by atoms with van der Waals surface area (Å²) in [6, 6.07) is 0. The van der Waals surface area contributed by atoms with Crippen LogP contribution < -0.4 is 0 Å². The number of unbranched alkanes of at least 4 members (excludes halogenated alkanes) is 1. The smallest absolute Gasteiger partial charge is 0.334 e. The lowest BCUT2D eigenvalue weighted by Gasteiger charge is -2.04. The number of methoxy groups -OCH3 is 1. The molecule has 0 saturated heterocycles. The Morgan fingerprint density at radius 1 is 1.21 bits per heavy atom. The van der Waals surface area contributed by atoms with Gasteiger partial charge in [-0.2, -0.15) is 0 Å². The van der Waals surface area contributed by atoms with Gasteiger partial charge in [0.05, 0.1) is 20.3 Å². The first-order valence-electron chi connectivity index (χ1n) is 7.55. The zero-order chi connectivity index (χ0) is 19.5. The minimum Gasteiger partial charge on any atom is -0.466 e. The van der Waals surface area contributed by atoms with Gasteiger partial charge in [0.25, 0.3) is 0 Å². The number of carbonyl (C=O) groups is 3. The number of hydrogen-bond donors (Lipinski definition) is 1. The molecule has 0 bridgehead atoms. The maximum Gasteiger partial charge on any atom is 0.334 e. The second-order valence-corrected chi connectivity index (χ2v) is 4.43. The SMILES string of the molecule is C=C(C)C(=O)OC.C=CC(=O)OCC.CCCCOC(=O)C(C)O. The van der Waals surface area contributed by atoms with E-state index in [4.69, 9.17) is 5.11 Å². The highest BCUT2D eigenvalue weighted by atomic mass is 16.5. The van der Waals surface area contributed by atoms with Crippen molar-refractivity contribution in [1.82, 2.24) is 0 Å². The molecule has 140 valence electrons. The molecule has 7 heteroatoms. The molecule has 24 heavy (non-hydrogen) atoms. The highest BCUT2D eigenvalue weighted by molar-refractivity contribution is 5.86. The van der Waals surface area contributed by atoms with Crippen LogP contribution in [0.5, 0.6) is 0 Å². The molecule has 7 nitrogen and oxygen atoms in total. The maximum absolute atomic E-state index is 10.5. The Hall–Kier alpha value is -2.15. The van der Waals surface area contributed by atoms with E-state index in [0.29, 0.717) is 18.8 Å². The van der Waals surface area contributed by atoms with Crippen molar-refractivity contribution < 1.29 is 33.7 Å². The van der Waals surface area contributed by atoms with E-state index in [-0.39, 0.29) is 11.9 Å². The van der Waals surface area contributed by atoms with Crippen molar-refractivity contribution in [3.63, 3.8) is 0 Å². The summed E-state index contributed by atoms with van der Waals surface area (Å²) >= 11 is 0. The molecule has 0 radical (unpaired) electrons. The molecule has 0 aliphatic carbocycles. The van der Waals surface area contributed by atoms with Crippen LogP contribution in [0.25, 0.3) is 0 Å². The molecule has 0 rings (SSSR count). The zero-order valence-corrected chi connectivity index (χ0v) is 15.3. The summed E-state index contributed by atoms with van der Waals surface area (Å²) in [7, 11) is 1.33. The number of ether oxygens (including phenoxy) is 3. The molecule has 0 spiro atoms. The van der Waals surface area contributed by atoms with Crippen molar-refractivity contribution in [3.05, 3.63) is 24.8 Å². The van der Waals surface area contributed by atoms with Gasteiger partial charge in [-0.25, -0.2) is 14.4 Å². The van der Waals surface area contributed by atoms with Gasteiger partial charge in [-0.3, -0.25) is 0 Å². The summed E-state index contributed by atoms with van der Waals surface area (Å²) < 4.78 is 13.4. The lowest BCUT2D eigenvalue weighted by molar-refractivity contribution is -0.152. The van der Waals surface area contributed by atoms with Crippen LogP contribution in [0.15, 0.2) is 24.8 Å². The Morgan fingerprint density at radius 2 is 1.75 bits per heavy atom. The van der Waals surface area contributed by atoms with Gasteiger partial charge in [-0.05, 0) is 27.2 Å². The summed E-state index contributed by atoms with van der Waals surface area (Å²) in [5.41, 5.74) is 0.433. The molecule has 0 amide bonds. The predicted octanol–water partition coefficient (Wildman–Crippen LogP) is 2.18. The normalized spacial score (nSPS) is 9.75. The fourth-order valence-corrected chi connectivity index (χ4v) is 0.813. The molecule has 0 heterocycles. The molecule has 0 saturated carbocycles. The predicted molar refractivity (Wildman–Crippen MR) is 91.2 cm³/mol. The third-order valence-electron chi connectivity index (χ3n) is 2.07. The molecule has 0 aliphatic rings. The molecular weight excluding hydrogens is 316 g/mol. The van der Waals surface area contributed by atoms with E-state index >= 15 is 0 Å². The topological polar surface area (TPSA) is 99.1 Å². The monoisotopic (exact) mass is 346 g/mol. The van der Waals surface area contributed by atoms with E-state index in [0.717, 1.165) is 18.9 Å².